The van der Waals surface area contributed by atoms with E-state index in [4.69, 9.17) is 11.6 Å². The summed E-state index contributed by atoms with van der Waals surface area (Å²) in [6, 6.07) is 9.35. The smallest absolute Gasteiger partial charge is 0.229 e. The van der Waals surface area contributed by atoms with Crippen LogP contribution in [0.4, 0.5) is 5.82 Å². The molecule has 0 radical (unpaired) electrons. The van der Waals surface area contributed by atoms with Gasteiger partial charge in [-0.25, -0.2) is 4.98 Å². The maximum Gasteiger partial charge on any atom is 0.229 e. The monoisotopic (exact) mass is 330 g/mol. The molecule has 1 fully saturated rings. The Bertz CT molecular complexity index is 647. The quantitative estimate of drug-likeness (QED) is 0.936. The number of pyridine rings is 2. The third-order valence-corrected chi connectivity index (χ3v) is 4.19. The molecule has 1 N–H and O–H groups in total. The van der Waals surface area contributed by atoms with Crippen LogP contribution >= 0.6 is 11.6 Å². The molecule has 1 atom stereocenters. The minimum Gasteiger partial charge on any atom is -0.310 e. The Kier molecular flexibility index (Phi) is 5.20. The van der Waals surface area contributed by atoms with Crippen LogP contribution in [0.25, 0.3) is 0 Å². The van der Waals surface area contributed by atoms with Crippen LogP contribution in [0.15, 0.2) is 42.7 Å². The fourth-order valence-electron chi connectivity index (χ4n) is 2.81. The van der Waals surface area contributed by atoms with E-state index in [1.807, 2.05) is 18.2 Å². The standard InChI is InChI=1S/C17H19ClN4O/c18-14-6-7-16(20-10-14)21-17(23)13-4-3-9-22(11-13)12-15-5-1-2-8-19-15/h1-2,5-8,10,13H,3-4,9,11-12H2,(H,20,21,23). The highest BCUT2D eigenvalue weighted by atomic mass is 35.5. The number of anilines is 1. The van der Waals surface area contributed by atoms with E-state index in [1.165, 1.54) is 6.20 Å². The van der Waals surface area contributed by atoms with Gasteiger partial charge < -0.3 is 5.32 Å². The van der Waals surface area contributed by atoms with Crippen molar-refractivity contribution < 1.29 is 4.79 Å². The summed E-state index contributed by atoms with van der Waals surface area (Å²) in [6.07, 6.45) is 5.25. The maximum absolute atomic E-state index is 12.4. The van der Waals surface area contributed by atoms with Gasteiger partial charge in [-0.05, 0) is 43.7 Å². The number of halogens is 1. The number of nitrogens with one attached hydrogen (secondary N) is 1. The van der Waals surface area contributed by atoms with E-state index >= 15 is 0 Å². The summed E-state index contributed by atoms with van der Waals surface area (Å²) in [4.78, 5) is 23.2. The van der Waals surface area contributed by atoms with E-state index in [-0.39, 0.29) is 11.8 Å². The Balaban J connectivity index is 1.57. The number of likely N-dealkylation sites (tertiary alicyclic amines) is 1. The SMILES string of the molecule is O=C(Nc1ccc(Cl)cn1)C1CCCN(Cc2ccccn2)C1. The molecule has 0 saturated carbocycles. The van der Waals surface area contributed by atoms with Gasteiger partial charge in [-0.1, -0.05) is 17.7 Å². The van der Waals surface area contributed by atoms with Crippen LogP contribution in [-0.4, -0.2) is 33.9 Å². The number of nitrogens with zero attached hydrogens (tertiary/aromatic N) is 3. The van der Waals surface area contributed by atoms with Crippen molar-refractivity contribution in [2.24, 2.45) is 5.92 Å². The molecule has 120 valence electrons. The van der Waals surface area contributed by atoms with Crippen LogP contribution < -0.4 is 5.32 Å². The van der Waals surface area contributed by atoms with Crippen molar-refractivity contribution in [2.75, 3.05) is 18.4 Å². The summed E-state index contributed by atoms with van der Waals surface area (Å²) in [7, 11) is 0. The summed E-state index contributed by atoms with van der Waals surface area (Å²) in [5.41, 5.74) is 1.04. The van der Waals surface area contributed by atoms with Crippen LogP contribution in [0.3, 0.4) is 0 Å². The van der Waals surface area contributed by atoms with E-state index < -0.39 is 0 Å². The molecule has 0 aromatic carbocycles. The molecule has 6 heteroatoms. The topological polar surface area (TPSA) is 58.1 Å². The first-order valence-electron chi connectivity index (χ1n) is 7.75. The Hall–Kier alpha value is -1.98. The lowest BCUT2D eigenvalue weighted by Crippen LogP contribution is -2.40. The van der Waals surface area contributed by atoms with Gasteiger partial charge in [0.15, 0.2) is 0 Å². The van der Waals surface area contributed by atoms with Crippen molar-refractivity contribution >= 4 is 23.3 Å². The Morgan fingerprint density at radius 3 is 2.96 bits per heavy atom. The van der Waals surface area contributed by atoms with Gasteiger partial charge in [0.25, 0.3) is 0 Å². The van der Waals surface area contributed by atoms with Crippen molar-refractivity contribution in [2.45, 2.75) is 19.4 Å². The molecule has 1 aliphatic rings. The van der Waals surface area contributed by atoms with Crippen molar-refractivity contribution in [3.05, 3.63) is 53.4 Å². The second kappa shape index (κ2) is 7.53. The van der Waals surface area contributed by atoms with Crippen molar-refractivity contribution in [3.63, 3.8) is 0 Å². The molecular formula is C17H19ClN4O. The van der Waals surface area contributed by atoms with Gasteiger partial charge in [0.2, 0.25) is 5.91 Å². The first kappa shape index (κ1) is 15.9. The minimum absolute atomic E-state index is 0.0190. The van der Waals surface area contributed by atoms with Crippen molar-refractivity contribution in [1.29, 1.82) is 0 Å². The van der Waals surface area contributed by atoms with Crippen LogP contribution in [0.5, 0.6) is 0 Å². The number of hydrogen-bond acceptors (Lipinski definition) is 4. The summed E-state index contributed by atoms with van der Waals surface area (Å²) in [6.45, 7) is 2.53. The molecule has 1 unspecified atom stereocenters. The molecule has 3 heterocycles. The molecule has 1 aliphatic heterocycles. The van der Waals surface area contributed by atoms with Gasteiger partial charge >= 0.3 is 0 Å². The Morgan fingerprint density at radius 1 is 1.30 bits per heavy atom. The average Bonchev–Trinajstić information content (AvgIpc) is 2.58. The van der Waals surface area contributed by atoms with Crippen LogP contribution in [-0.2, 0) is 11.3 Å². The summed E-state index contributed by atoms with van der Waals surface area (Å²) in [5.74, 6) is 0.539. The number of amides is 1. The number of hydrogen-bond donors (Lipinski definition) is 1. The van der Waals surface area contributed by atoms with Gasteiger partial charge in [-0.15, -0.1) is 0 Å². The van der Waals surface area contributed by atoms with Crippen LogP contribution in [0.2, 0.25) is 5.02 Å². The molecule has 1 saturated heterocycles. The van der Waals surface area contributed by atoms with Gasteiger partial charge in [0.1, 0.15) is 5.82 Å². The fourth-order valence-corrected chi connectivity index (χ4v) is 2.92. The largest absolute Gasteiger partial charge is 0.310 e. The molecular weight excluding hydrogens is 312 g/mol. The molecule has 2 aromatic rings. The van der Waals surface area contributed by atoms with E-state index in [0.717, 1.165) is 38.2 Å². The molecule has 0 aliphatic carbocycles. The van der Waals surface area contributed by atoms with E-state index in [2.05, 4.69) is 20.2 Å². The zero-order chi connectivity index (χ0) is 16.1. The zero-order valence-electron chi connectivity index (χ0n) is 12.8. The molecule has 1 amide bonds. The Morgan fingerprint density at radius 2 is 2.22 bits per heavy atom. The van der Waals surface area contributed by atoms with E-state index in [0.29, 0.717) is 10.8 Å². The number of carbonyl (C=O) groups excluding carboxylic acids is 1. The molecule has 2 aromatic heterocycles. The van der Waals surface area contributed by atoms with Gasteiger partial charge in [-0.3, -0.25) is 14.7 Å². The normalized spacial score (nSPS) is 18.6. The van der Waals surface area contributed by atoms with Crippen molar-refractivity contribution in [1.82, 2.24) is 14.9 Å². The third kappa shape index (κ3) is 4.50. The molecule has 0 bridgehead atoms. The van der Waals surface area contributed by atoms with E-state index in [1.54, 1.807) is 18.3 Å². The summed E-state index contributed by atoms with van der Waals surface area (Å²) < 4.78 is 0. The second-order valence-electron chi connectivity index (χ2n) is 5.75. The lowest BCUT2D eigenvalue weighted by molar-refractivity contribution is -0.121. The first-order valence-corrected chi connectivity index (χ1v) is 8.13. The zero-order valence-corrected chi connectivity index (χ0v) is 13.5. The summed E-state index contributed by atoms with van der Waals surface area (Å²) >= 11 is 5.81. The van der Waals surface area contributed by atoms with Gasteiger partial charge in [0, 0.05) is 25.5 Å². The number of rotatable bonds is 4. The van der Waals surface area contributed by atoms with Gasteiger partial charge in [-0.2, -0.15) is 0 Å². The average molecular weight is 331 g/mol. The first-order chi connectivity index (χ1) is 11.2. The highest BCUT2D eigenvalue weighted by Gasteiger charge is 2.26. The molecule has 5 nitrogen and oxygen atoms in total. The third-order valence-electron chi connectivity index (χ3n) is 3.97. The highest BCUT2D eigenvalue weighted by molar-refractivity contribution is 6.30. The van der Waals surface area contributed by atoms with Crippen LogP contribution in [0.1, 0.15) is 18.5 Å². The molecule has 23 heavy (non-hydrogen) atoms. The predicted molar refractivity (Wildman–Crippen MR) is 90.1 cm³/mol. The molecule has 0 spiro atoms. The lowest BCUT2D eigenvalue weighted by atomic mass is 9.97. The van der Waals surface area contributed by atoms with Gasteiger partial charge in [0.05, 0.1) is 16.6 Å². The lowest BCUT2D eigenvalue weighted by Gasteiger charge is -2.31. The van der Waals surface area contributed by atoms with Crippen LogP contribution in [0, 0.1) is 5.92 Å². The highest BCUT2D eigenvalue weighted by Crippen LogP contribution is 2.20. The fraction of sp³-hybridized carbons (Fsp3) is 0.353. The van der Waals surface area contributed by atoms with Crippen molar-refractivity contribution in [3.8, 4) is 0 Å². The molecule has 3 rings (SSSR count). The second-order valence-corrected chi connectivity index (χ2v) is 6.18. The number of piperidine rings is 1. The number of carbonyl (C=O) groups is 1. The number of aromatic nitrogens is 2. The summed E-state index contributed by atoms with van der Waals surface area (Å²) in [5, 5.41) is 3.43. The Labute approximate surface area is 140 Å². The predicted octanol–water partition coefficient (Wildman–Crippen LogP) is 2.98. The maximum atomic E-state index is 12.4. The van der Waals surface area contributed by atoms with E-state index in [9.17, 15) is 4.79 Å². The minimum atomic E-state index is -0.0232.